The van der Waals surface area contributed by atoms with Crippen molar-refractivity contribution in [3.63, 3.8) is 0 Å². The van der Waals surface area contributed by atoms with Gasteiger partial charge >= 0.3 is 5.69 Å². The van der Waals surface area contributed by atoms with Crippen LogP contribution in [0.25, 0.3) is 10.8 Å². The summed E-state index contributed by atoms with van der Waals surface area (Å²) in [5.41, 5.74) is -2.07. The monoisotopic (exact) mass is 491 g/mol. The van der Waals surface area contributed by atoms with Gasteiger partial charge in [-0.05, 0) is 29.0 Å². The molecular weight excluding hydrogens is 474 g/mol. The van der Waals surface area contributed by atoms with Crippen LogP contribution >= 0.6 is 11.6 Å². The van der Waals surface area contributed by atoms with Crippen molar-refractivity contribution in [3.8, 4) is 5.88 Å². The van der Waals surface area contributed by atoms with Crippen LogP contribution in [0, 0.1) is 5.92 Å². The maximum atomic E-state index is 13.5. The Morgan fingerprint density at radius 2 is 1.60 bits per heavy atom. The predicted molar refractivity (Wildman–Crippen MR) is 130 cm³/mol. The number of benzene rings is 3. The number of carbonyl (C=O) groups excluding carboxylic acids is 3. The molecule has 1 atom stereocenters. The molecule has 3 aromatic carbocycles. The summed E-state index contributed by atoms with van der Waals surface area (Å²) in [6.45, 7) is 0. The number of rotatable bonds is 7. The van der Waals surface area contributed by atoms with Crippen LogP contribution < -0.4 is 16.6 Å². The summed E-state index contributed by atoms with van der Waals surface area (Å²) in [7, 11) is 0. The van der Waals surface area contributed by atoms with E-state index in [1.807, 2.05) is 22.1 Å². The Hall–Kier alpha value is -4.50. The number of halogens is 1. The van der Waals surface area contributed by atoms with Gasteiger partial charge in [0.2, 0.25) is 11.7 Å². The van der Waals surface area contributed by atoms with Crippen LogP contribution in [-0.4, -0.2) is 32.5 Å². The number of para-hydroxylation sites is 1. The summed E-state index contributed by atoms with van der Waals surface area (Å²) >= 11 is 6.05. The maximum Gasteiger partial charge on any atom is 0.328 e. The van der Waals surface area contributed by atoms with E-state index in [4.69, 9.17) is 11.6 Å². The minimum Gasteiger partial charge on any atom is -0.494 e. The first-order valence-electron chi connectivity index (χ1n) is 10.4. The molecule has 9 nitrogen and oxygen atoms in total. The SMILES string of the molecule is O=C(Nc1ccccc1Cl)C(=O)C(Cc1c(O)[nH]c(=O)[nH]c1=O)C(=O)c1ccc2ccccc2c1. The molecule has 0 aliphatic carbocycles. The summed E-state index contributed by atoms with van der Waals surface area (Å²) in [4.78, 5) is 67.1. The third kappa shape index (κ3) is 5.04. The first-order chi connectivity index (χ1) is 16.7. The fourth-order valence-corrected chi connectivity index (χ4v) is 3.83. The van der Waals surface area contributed by atoms with Gasteiger partial charge in [-0.3, -0.25) is 29.1 Å². The van der Waals surface area contributed by atoms with Crippen molar-refractivity contribution in [3.05, 3.63) is 104 Å². The van der Waals surface area contributed by atoms with E-state index < -0.39 is 52.5 Å². The third-order valence-corrected chi connectivity index (χ3v) is 5.77. The second-order valence-corrected chi connectivity index (χ2v) is 8.12. The molecule has 1 unspecified atom stereocenters. The molecule has 0 bridgehead atoms. The fraction of sp³-hybridized carbons (Fsp3) is 0.0800. The molecule has 0 radical (unpaired) electrons. The highest BCUT2D eigenvalue weighted by atomic mass is 35.5. The minimum absolute atomic E-state index is 0.132. The van der Waals surface area contributed by atoms with E-state index in [-0.39, 0.29) is 16.3 Å². The number of H-pyrrole nitrogens is 2. The highest BCUT2D eigenvalue weighted by Gasteiger charge is 2.34. The van der Waals surface area contributed by atoms with Crippen LogP contribution in [0.4, 0.5) is 5.69 Å². The van der Waals surface area contributed by atoms with Gasteiger partial charge in [-0.25, -0.2) is 4.79 Å². The highest BCUT2D eigenvalue weighted by molar-refractivity contribution is 6.46. The van der Waals surface area contributed by atoms with Gasteiger partial charge in [0.05, 0.1) is 22.2 Å². The zero-order chi connectivity index (χ0) is 25.1. The standard InChI is InChI=1S/C25H18ClN3O6/c26-18-7-3-4-8-19(18)27-24(34)21(31)16(12-17-22(32)28-25(35)29-23(17)33)20(30)15-10-9-13-5-1-2-6-14(13)11-15/h1-11,16H,12H2,(H,27,34)(H3,28,29,32,33,35). The number of aromatic amines is 2. The Labute approximate surface area is 202 Å². The normalized spacial score (nSPS) is 11.7. The molecular formula is C25H18ClN3O6. The molecule has 10 heteroatoms. The minimum atomic E-state index is -1.67. The summed E-state index contributed by atoms with van der Waals surface area (Å²) in [6, 6.07) is 18.2. The molecule has 0 saturated heterocycles. The molecule has 4 N–H and O–H groups in total. The number of hydrogen-bond donors (Lipinski definition) is 4. The van der Waals surface area contributed by atoms with E-state index in [2.05, 4.69) is 5.32 Å². The van der Waals surface area contributed by atoms with E-state index in [9.17, 15) is 29.1 Å². The fourth-order valence-electron chi connectivity index (χ4n) is 3.65. The maximum absolute atomic E-state index is 13.5. The Kier molecular flexibility index (Phi) is 6.61. The number of anilines is 1. The number of carbonyl (C=O) groups is 3. The van der Waals surface area contributed by atoms with Gasteiger partial charge in [0.15, 0.2) is 5.78 Å². The van der Waals surface area contributed by atoms with Crippen LogP contribution in [0.15, 0.2) is 76.3 Å². The van der Waals surface area contributed by atoms with E-state index in [0.717, 1.165) is 10.8 Å². The van der Waals surface area contributed by atoms with E-state index >= 15 is 0 Å². The first kappa shape index (κ1) is 23.7. The lowest BCUT2D eigenvalue weighted by Crippen LogP contribution is -2.37. The number of aromatic nitrogens is 2. The molecule has 176 valence electrons. The van der Waals surface area contributed by atoms with Gasteiger partial charge in [-0.2, -0.15) is 0 Å². The third-order valence-electron chi connectivity index (χ3n) is 5.44. The Morgan fingerprint density at radius 1 is 0.914 bits per heavy atom. The van der Waals surface area contributed by atoms with E-state index in [1.165, 1.54) is 18.2 Å². The van der Waals surface area contributed by atoms with Crippen LogP contribution in [0.2, 0.25) is 5.02 Å². The van der Waals surface area contributed by atoms with Crippen molar-refractivity contribution in [2.45, 2.75) is 6.42 Å². The molecule has 0 fully saturated rings. The molecule has 4 rings (SSSR count). The number of nitrogens with one attached hydrogen (secondary N) is 3. The van der Waals surface area contributed by atoms with Gasteiger partial charge in [-0.15, -0.1) is 0 Å². The van der Waals surface area contributed by atoms with E-state index in [1.54, 1.807) is 36.4 Å². The van der Waals surface area contributed by atoms with Crippen LogP contribution in [0.5, 0.6) is 5.88 Å². The topological polar surface area (TPSA) is 149 Å². The Bertz CT molecular complexity index is 1590. The second kappa shape index (κ2) is 9.78. The number of hydrogen-bond acceptors (Lipinski definition) is 6. The van der Waals surface area contributed by atoms with Crippen molar-refractivity contribution < 1.29 is 19.5 Å². The quantitative estimate of drug-likeness (QED) is 0.177. The average Bonchev–Trinajstić information content (AvgIpc) is 2.84. The lowest BCUT2D eigenvalue weighted by atomic mass is 9.87. The molecule has 0 saturated carbocycles. The van der Waals surface area contributed by atoms with Crippen molar-refractivity contribution in [1.29, 1.82) is 0 Å². The molecule has 0 aliphatic heterocycles. The molecule has 0 spiro atoms. The predicted octanol–water partition coefficient (Wildman–Crippen LogP) is 2.82. The average molecular weight is 492 g/mol. The molecule has 4 aromatic rings. The number of amides is 1. The Morgan fingerprint density at radius 3 is 2.31 bits per heavy atom. The van der Waals surface area contributed by atoms with Crippen molar-refractivity contribution >= 4 is 45.5 Å². The Balaban J connectivity index is 1.73. The molecule has 1 amide bonds. The van der Waals surface area contributed by atoms with Crippen LogP contribution in [0.3, 0.4) is 0 Å². The van der Waals surface area contributed by atoms with Crippen molar-refractivity contribution in [2.24, 2.45) is 5.92 Å². The van der Waals surface area contributed by atoms with Gasteiger partial charge in [-0.1, -0.05) is 60.1 Å². The summed E-state index contributed by atoms with van der Waals surface area (Å²) in [5, 5.41) is 14.2. The van der Waals surface area contributed by atoms with Crippen LogP contribution in [0.1, 0.15) is 15.9 Å². The highest BCUT2D eigenvalue weighted by Crippen LogP contribution is 2.24. The van der Waals surface area contributed by atoms with Gasteiger partial charge in [0, 0.05) is 12.0 Å². The summed E-state index contributed by atoms with van der Waals surface area (Å²) < 4.78 is 0. The largest absolute Gasteiger partial charge is 0.494 e. The number of aromatic hydroxyl groups is 1. The van der Waals surface area contributed by atoms with Crippen molar-refractivity contribution in [1.82, 2.24) is 9.97 Å². The van der Waals surface area contributed by atoms with E-state index in [0.29, 0.717) is 0 Å². The molecule has 35 heavy (non-hydrogen) atoms. The lowest BCUT2D eigenvalue weighted by Gasteiger charge is -2.16. The smallest absolute Gasteiger partial charge is 0.328 e. The molecule has 0 aliphatic rings. The lowest BCUT2D eigenvalue weighted by molar-refractivity contribution is -0.136. The second-order valence-electron chi connectivity index (χ2n) is 7.72. The van der Waals surface area contributed by atoms with Crippen LogP contribution in [-0.2, 0) is 16.0 Å². The van der Waals surface area contributed by atoms with Crippen molar-refractivity contribution in [2.75, 3.05) is 5.32 Å². The number of Topliss-reactive ketones (excluding diaryl/α,β-unsaturated/α-hetero) is 2. The van der Waals surface area contributed by atoms with Gasteiger partial charge < -0.3 is 10.4 Å². The zero-order valence-electron chi connectivity index (χ0n) is 18.0. The molecule has 1 heterocycles. The van der Waals surface area contributed by atoms with Gasteiger partial charge in [0.25, 0.3) is 11.5 Å². The number of ketones is 2. The number of fused-ring (bicyclic) bond motifs is 1. The molecule has 1 aromatic heterocycles. The first-order valence-corrected chi connectivity index (χ1v) is 10.8. The zero-order valence-corrected chi connectivity index (χ0v) is 18.8. The van der Waals surface area contributed by atoms with Gasteiger partial charge in [0.1, 0.15) is 0 Å². The summed E-state index contributed by atoms with van der Waals surface area (Å²) in [5.74, 6) is -5.48. The summed E-state index contributed by atoms with van der Waals surface area (Å²) in [6.07, 6.45) is -0.627.